The predicted octanol–water partition coefficient (Wildman–Crippen LogP) is 2.79. The van der Waals surface area contributed by atoms with Gasteiger partial charge < -0.3 is 15.0 Å². The fraction of sp³-hybridized carbons (Fsp3) is 0.381. The van der Waals surface area contributed by atoms with Gasteiger partial charge in [-0.1, -0.05) is 6.07 Å². The van der Waals surface area contributed by atoms with Gasteiger partial charge in [-0.15, -0.1) is 0 Å². The maximum Gasteiger partial charge on any atom is 0.253 e. The Morgan fingerprint density at radius 2 is 2.07 bits per heavy atom. The Hall–Kier alpha value is -2.96. The molecule has 1 atom stereocenters. The van der Waals surface area contributed by atoms with E-state index in [2.05, 4.69) is 10.3 Å². The molecule has 7 heteroatoms. The monoisotopic (exact) mass is 385 g/mol. The minimum atomic E-state index is -0.380. The number of nitrogens with one attached hydrogen (secondary N) is 1. The van der Waals surface area contributed by atoms with Crippen LogP contribution in [-0.4, -0.2) is 41.4 Å². The van der Waals surface area contributed by atoms with Crippen LogP contribution in [-0.2, 0) is 11.3 Å². The second-order valence-corrected chi connectivity index (χ2v) is 6.72. The normalized spacial score (nSPS) is 16.5. The van der Waals surface area contributed by atoms with E-state index in [4.69, 9.17) is 4.74 Å². The molecule has 1 fully saturated rings. The molecule has 1 aromatic carbocycles. The quantitative estimate of drug-likeness (QED) is 0.830. The van der Waals surface area contributed by atoms with Crippen molar-refractivity contribution in [2.75, 3.05) is 19.7 Å². The number of hydrogen-bond acceptors (Lipinski definition) is 4. The van der Waals surface area contributed by atoms with Gasteiger partial charge in [-0.2, -0.15) is 0 Å². The molecule has 1 unspecified atom stereocenters. The molecular weight excluding hydrogens is 361 g/mol. The molecule has 1 saturated heterocycles. The number of piperidine rings is 1. The number of nitrogens with zero attached hydrogens (tertiary/aromatic N) is 2. The lowest BCUT2D eigenvalue weighted by Gasteiger charge is -2.32. The third-order valence-electron chi connectivity index (χ3n) is 4.75. The average molecular weight is 385 g/mol. The van der Waals surface area contributed by atoms with Crippen LogP contribution in [0.2, 0.25) is 0 Å². The SMILES string of the molecule is CCOc1ncccc1CNC(=O)C1CCCN(C(=O)c2ccc(F)cc2)C1. The van der Waals surface area contributed by atoms with E-state index in [0.717, 1.165) is 18.4 Å². The van der Waals surface area contributed by atoms with Gasteiger partial charge in [0.15, 0.2) is 0 Å². The van der Waals surface area contributed by atoms with Crippen molar-refractivity contribution in [2.24, 2.45) is 5.92 Å². The van der Waals surface area contributed by atoms with E-state index in [1.165, 1.54) is 24.3 Å². The predicted molar refractivity (Wildman–Crippen MR) is 102 cm³/mol. The van der Waals surface area contributed by atoms with Crippen LogP contribution in [0.5, 0.6) is 5.88 Å². The first-order chi connectivity index (χ1) is 13.6. The summed E-state index contributed by atoms with van der Waals surface area (Å²) in [5.41, 5.74) is 1.24. The Labute approximate surface area is 163 Å². The van der Waals surface area contributed by atoms with Gasteiger partial charge in [-0.3, -0.25) is 9.59 Å². The number of amides is 2. The summed E-state index contributed by atoms with van der Waals surface area (Å²) in [6.45, 7) is 3.65. The van der Waals surface area contributed by atoms with Crippen LogP contribution in [0.3, 0.4) is 0 Å². The number of rotatable bonds is 6. The number of likely N-dealkylation sites (tertiary alicyclic amines) is 1. The molecule has 1 aliphatic rings. The summed E-state index contributed by atoms with van der Waals surface area (Å²) in [7, 11) is 0. The molecule has 1 aliphatic heterocycles. The van der Waals surface area contributed by atoms with Crippen LogP contribution in [0.25, 0.3) is 0 Å². The highest BCUT2D eigenvalue weighted by Crippen LogP contribution is 2.20. The Kier molecular flexibility index (Phi) is 6.57. The molecule has 0 radical (unpaired) electrons. The minimum absolute atomic E-state index is 0.0945. The Balaban J connectivity index is 1.58. The summed E-state index contributed by atoms with van der Waals surface area (Å²) in [6.07, 6.45) is 3.13. The zero-order chi connectivity index (χ0) is 19.9. The molecule has 0 bridgehead atoms. The van der Waals surface area contributed by atoms with Crippen LogP contribution in [0.1, 0.15) is 35.7 Å². The molecule has 2 aromatic rings. The van der Waals surface area contributed by atoms with Crippen molar-refractivity contribution in [3.63, 3.8) is 0 Å². The first-order valence-electron chi connectivity index (χ1n) is 9.47. The van der Waals surface area contributed by atoms with Gasteiger partial charge in [-0.25, -0.2) is 9.37 Å². The number of halogens is 1. The van der Waals surface area contributed by atoms with Crippen LogP contribution in [0.15, 0.2) is 42.6 Å². The van der Waals surface area contributed by atoms with Gasteiger partial charge in [0.1, 0.15) is 5.82 Å². The fourth-order valence-corrected chi connectivity index (χ4v) is 3.30. The number of aromatic nitrogens is 1. The van der Waals surface area contributed by atoms with Crippen LogP contribution in [0, 0.1) is 11.7 Å². The molecule has 28 heavy (non-hydrogen) atoms. The molecule has 2 heterocycles. The van der Waals surface area contributed by atoms with E-state index >= 15 is 0 Å². The second kappa shape index (κ2) is 9.30. The average Bonchev–Trinajstić information content (AvgIpc) is 2.73. The highest BCUT2D eigenvalue weighted by Gasteiger charge is 2.29. The number of carbonyl (C=O) groups excluding carboxylic acids is 2. The minimum Gasteiger partial charge on any atom is -0.478 e. The van der Waals surface area contributed by atoms with Crippen LogP contribution in [0.4, 0.5) is 4.39 Å². The molecule has 0 saturated carbocycles. The van der Waals surface area contributed by atoms with E-state index in [-0.39, 0.29) is 23.5 Å². The second-order valence-electron chi connectivity index (χ2n) is 6.72. The molecule has 1 N–H and O–H groups in total. The van der Waals surface area contributed by atoms with Crippen molar-refractivity contribution < 1.29 is 18.7 Å². The summed E-state index contributed by atoms with van der Waals surface area (Å²) in [5, 5.41) is 2.93. The van der Waals surface area contributed by atoms with Crippen molar-refractivity contribution in [3.05, 3.63) is 59.5 Å². The highest BCUT2D eigenvalue weighted by molar-refractivity contribution is 5.94. The molecule has 148 valence electrons. The maximum absolute atomic E-state index is 13.1. The third-order valence-corrected chi connectivity index (χ3v) is 4.75. The number of pyridine rings is 1. The summed E-state index contributed by atoms with van der Waals surface area (Å²) in [5.74, 6) is -0.409. The maximum atomic E-state index is 13.1. The lowest BCUT2D eigenvalue weighted by Crippen LogP contribution is -2.45. The fourth-order valence-electron chi connectivity index (χ4n) is 3.30. The molecule has 2 amide bonds. The molecule has 3 rings (SSSR count). The van der Waals surface area contributed by atoms with Gasteiger partial charge in [0.05, 0.1) is 12.5 Å². The summed E-state index contributed by atoms with van der Waals surface area (Å²) in [4.78, 5) is 31.1. The van der Waals surface area contributed by atoms with E-state index in [0.29, 0.717) is 37.7 Å². The smallest absolute Gasteiger partial charge is 0.253 e. The van der Waals surface area contributed by atoms with Crippen molar-refractivity contribution in [1.29, 1.82) is 0 Å². The van der Waals surface area contributed by atoms with E-state index in [9.17, 15) is 14.0 Å². The van der Waals surface area contributed by atoms with Gasteiger partial charge in [-0.05, 0) is 50.1 Å². The van der Waals surface area contributed by atoms with Crippen molar-refractivity contribution in [3.8, 4) is 5.88 Å². The number of ether oxygens (including phenoxy) is 1. The van der Waals surface area contributed by atoms with Gasteiger partial charge >= 0.3 is 0 Å². The first kappa shape index (κ1) is 19.8. The van der Waals surface area contributed by atoms with E-state index in [1.807, 2.05) is 13.0 Å². The highest BCUT2D eigenvalue weighted by atomic mass is 19.1. The lowest BCUT2D eigenvalue weighted by molar-refractivity contribution is -0.126. The molecule has 0 spiro atoms. The molecular formula is C21H24FN3O3. The number of hydrogen-bond donors (Lipinski definition) is 1. The zero-order valence-corrected chi connectivity index (χ0v) is 15.9. The molecule has 6 nitrogen and oxygen atoms in total. The Morgan fingerprint density at radius 1 is 1.29 bits per heavy atom. The van der Waals surface area contributed by atoms with Gasteiger partial charge in [0.25, 0.3) is 5.91 Å². The summed E-state index contributed by atoms with van der Waals surface area (Å²) >= 11 is 0. The Bertz CT molecular complexity index is 826. The van der Waals surface area contributed by atoms with Crippen LogP contribution < -0.4 is 10.1 Å². The van der Waals surface area contributed by atoms with E-state index < -0.39 is 0 Å². The van der Waals surface area contributed by atoms with E-state index in [1.54, 1.807) is 17.2 Å². The number of carbonyl (C=O) groups is 2. The van der Waals surface area contributed by atoms with Crippen molar-refractivity contribution >= 4 is 11.8 Å². The summed E-state index contributed by atoms with van der Waals surface area (Å²) in [6, 6.07) is 9.14. The number of benzene rings is 1. The first-order valence-corrected chi connectivity index (χ1v) is 9.47. The lowest BCUT2D eigenvalue weighted by atomic mass is 9.96. The molecule has 1 aromatic heterocycles. The standard InChI is InChI=1S/C21H24FN3O3/c1-2-28-20-16(5-3-11-23-20)13-24-19(26)17-6-4-12-25(14-17)21(27)15-7-9-18(22)10-8-15/h3,5,7-11,17H,2,4,6,12-14H2,1H3,(H,24,26). The van der Waals surface area contributed by atoms with Crippen molar-refractivity contribution in [1.82, 2.24) is 15.2 Å². The largest absolute Gasteiger partial charge is 0.478 e. The van der Waals surface area contributed by atoms with Gasteiger partial charge in [0, 0.05) is 37.0 Å². The molecule has 0 aliphatic carbocycles. The van der Waals surface area contributed by atoms with Crippen molar-refractivity contribution in [2.45, 2.75) is 26.3 Å². The van der Waals surface area contributed by atoms with Crippen LogP contribution >= 0.6 is 0 Å². The zero-order valence-electron chi connectivity index (χ0n) is 15.9. The van der Waals surface area contributed by atoms with Gasteiger partial charge in [0.2, 0.25) is 11.8 Å². The topological polar surface area (TPSA) is 71.5 Å². The summed E-state index contributed by atoms with van der Waals surface area (Å²) < 4.78 is 18.5. The third kappa shape index (κ3) is 4.85. The Morgan fingerprint density at radius 3 is 2.82 bits per heavy atom.